The van der Waals surface area contributed by atoms with Crippen molar-refractivity contribution in [2.24, 2.45) is 0 Å². The molecule has 3 N–H and O–H groups in total. The highest BCUT2D eigenvalue weighted by atomic mass is 35.5. The van der Waals surface area contributed by atoms with Crippen LogP contribution in [-0.2, 0) is 20.0 Å². The van der Waals surface area contributed by atoms with Crippen LogP contribution in [-0.4, -0.2) is 21.9 Å². The standard InChI is InChI=1S/C20H17ClN2O5S2/c21-16-7-4-8-17(13-16)22-30(27,28)18-9-10-20(24)19(14-18)23-29(25,26)12-11-15-5-2-1-3-6-15/h1-14,22-24H/b12-11+. The van der Waals surface area contributed by atoms with Crippen LogP contribution >= 0.6 is 11.6 Å². The first kappa shape index (κ1) is 21.7. The molecule has 0 heterocycles. The summed E-state index contributed by atoms with van der Waals surface area (Å²) in [7, 11) is -8.06. The number of nitrogens with one attached hydrogen (secondary N) is 2. The first-order chi connectivity index (χ1) is 14.1. The maximum Gasteiger partial charge on any atom is 0.261 e. The Hall–Kier alpha value is -3.01. The average Bonchev–Trinajstić information content (AvgIpc) is 2.68. The van der Waals surface area contributed by atoms with Gasteiger partial charge in [-0.1, -0.05) is 48.0 Å². The van der Waals surface area contributed by atoms with Gasteiger partial charge in [-0.25, -0.2) is 16.8 Å². The Morgan fingerprint density at radius 3 is 2.27 bits per heavy atom. The van der Waals surface area contributed by atoms with Crippen molar-refractivity contribution in [1.82, 2.24) is 0 Å². The third-order valence-electron chi connectivity index (χ3n) is 3.85. The molecule has 0 aliphatic carbocycles. The summed E-state index contributed by atoms with van der Waals surface area (Å²) >= 11 is 5.86. The fourth-order valence-corrected chi connectivity index (χ4v) is 4.59. The van der Waals surface area contributed by atoms with Gasteiger partial charge in [-0.3, -0.25) is 9.44 Å². The van der Waals surface area contributed by atoms with Crippen LogP contribution in [0.1, 0.15) is 5.56 Å². The largest absolute Gasteiger partial charge is 0.506 e. The van der Waals surface area contributed by atoms with Crippen LogP contribution in [0.25, 0.3) is 6.08 Å². The zero-order valence-electron chi connectivity index (χ0n) is 15.4. The van der Waals surface area contributed by atoms with E-state index in [-0.39, 0.29) is 16.3 Å². The lowest BCUT2D eigenvalue weighted by Crippen LogP contribution is -2.14. The van der Waals surface area contributed by atoms with Gasteiger partial charge in [-0.05, 0) is 48.0 Å². The Morgan fingerprint density at radius 2 is 1.57 bits per heavy atom. The van der Waals surface area contributed by atoms with Gasteiger partial charge in [0.1, 0.15) is 5.75 Å². The van der Waals surface area contributed by atoms with E-state index in [1.807, 2.05) is 0 Å². The number of phenols is 1. The second kappa shape index (κ2) is 8.78. The van der Waals surface area contributed by atoms with Crippen molar-refractivity contribution >= 4 is 49.1 Å². The van der Waals surface area contributed by atoms with Crippen LogP contribution in [0, 0.1) is 0 Å². The van der Waals surface area contributed by atoms with Crippen molar-refractivity contribution in [3.63, 3.8) is 0 Å². The SMILES string of the molecule is O=S(=O)(/C=C/c1ccccc1)Nc1cc(S(=O)(=O)Nc2cccc(Cl)c2)ccc1O. The number of sulfonamides is 2. The molecule has 0 atom stereocenters. The molecule has 0 fully saturated rings. The van der Waals surface area contributed by atoms with Crippen LogP contribution in [0.2, 0.25) is 5.02 Å². The molecule has 3 aromatic carbocycles. The Labute approximate surface area is 179 Å². The number of anilines is 2. The molecule has 156 valence electrons. The van der Waals surface area contributed by atoms with Crippen LogP contribution in [0.15, 0.2) is 83.1 Å². The number of rotatable bonds is 7. The van der Waals surface area contributed by atoms with Crippen LogP contribution in [0.5, 0.6) is 5.75 Å². The van der Waals surface area contributed by atoms with Crippen molar-refractivity contribution < 1.29 is 21.9 Å². The molecule has 0 aromatic heterocycles. The van der Waals surface area contributed by atoms with E-state index in [9.17, 15) is 21.9 Å². The molecule has 0 spiro atoms. The molecule has 3 rings (SSSR count). The number of benzene rings is 3. The summed E-state index contributed by atoms with van der Waals surface area (Å²) in [5, 5.41) is 11.3. The fourth-order valence-electron chi connectivity index (χ4n) is 2.45. The summed E-state index contributed by atoms with van der Waals surface area (Å²) in [6.07, 6.45) is 1.38. The fraction of sp³-hybridized carbons (Fsp3) is 0. The number of hydrogen-bond acceptors (Lipinski definition) is 5. The van der Waals surface area contributed by atoms with Crippen LogP contribution in [0.3, 0.4) is 0 Å². The van der Waals surface area contributed by atoms with Gasteiger partial charge in [0.2, 0.25) is 0 Å². The normalized spacial score (nSPS) is 12.0. The van der Waals surface area contributed by atoms with E-state index < -0.39 is 25.8 Å². The lowest BCUT2D eigenvalue weighted by atomic mass is 10.2. The minimum Gasteiger partial charge on any atom is -0.506 e. The van der Waals surface area contributed by atoms with E-state index >= 15 is 0 Å². The first-order valence-corrected chi connectivity index (χ1v) is 11.9. The molecule has 0 bridgehead atoms. The second-order valence-corrected chi connectivity index (χ2v) is 9.84. The average molecular weight is 465 g/mol. The van der Waals surface area contributed by atoms with Gasteiger partial charge in [0.25, 0.3) is 20.0 Å². The van der Waals surface area contributed by atoms with Crippen molar-refractivity contribution in [3.05, 3.63) is 88.8 Å². The van der Waals surface area contributed by atoms with E-state index in [4.69, 9.17) is 11.6 Å². The Kier molecular flexibility index (Phi) is 6.35. The van der Waals surface area contributed by atoms with Gasteiger partial charge < -0.3 is 5.11 Å². The van der Waals surface area contributed by atoms with Gasteiger partial charge in [0.15, 0.2) is 0 Å². The zero-order chi connectivity index (χ0) is 21.8. The third-order valence-corrected chi connectivity index (χ3v) is 6.46. The lowest BCUT2D eigenvalue weighted by molar-refractivity contribution is 0.477. The maximum absolute atomic E-state index is 12.6. The number of halogens is 1. The number of hydrogen-bond donors (Lipinski definition) is 3. The summed E-state index contributed by atoms with van der Waals surface area (Å²) in [6, 6.07) is 18.1. The minimum absolute atomic E-state index is 0.239. The van der Waals surface area contributed by atoms with E-state index in [0.717, 1.165) is 23.6 Å². The summed E-state index contributed by atoms with van der Waals surface area (Å²) in [5.74, 6) is -0.423. The van der Waals surface area contributed by atoms with Crippen molar-refractivity contribution in [3.8, 4) is 5.75 Å². The summed E-state index contributed by atoms with van der Waals surface area (Å²) in [6.45, 7) is 0. The molecule has 0 unspecified atom stereocenters. The summed E-state index contributed by atoms with van der Waals surface area (Å²) < 4.78 is 54.4. The molecule has 10 heteroatoms. The first-order valence-electron chi connectivity index (χ1n) is 8.52. The van der Waals surface area contributed by atoms with Gasteiger partial charge in [-0.2, -0.15) is 0 Å². The molecule has 0 saturated heterocycles. The topological polar surface area (TPSA) is 113 Å². The quantitative estimate of drug-likeness (QED) is 0.452. The van der Waals surface area contributed by atoms with Crippen molar-refractivity contribution in [1.29, 1.82) is 0 Å². The Morgan fingerprint density at radius 1 is 0.833 bits per heavy atom. The minimum atomic E-state index is -4.05. The molecule has 0 aliphatic heterocycles. The van der Waals surface area contributed by atoms with Crippen molar-refractivity contribution in [2.75, 3.05) is 9.44 Å². The van der Waals surface area contributed by atoms with Crippen LogP contribution in [0.4, 0.5) is 11.4 Å². The molecule has 3 aromatic rings. The molecule has 7 nitrogen and oxygen atoms in total. The van der Waals surface area contributed by atoms with E-state index in [1.54, 1.807) is 42.5 Å². The molecule has 30 heavy (non-hydrogen) atoms. The van der Waals surface area contributed by atoms with E-state index in [2.05, 4.69) is 9.44 Å². The highest BCUT2D eigenvalue weighted by molar-refractivity contribution is 7.95. The predicted molar refractivity (Wildman–Crippen MR) is 118 cm³/mol. The molecular formula is C20H17ClN2O5S2. The summed E-state index contributed by atoms with van der Waals surface area (Å²) in [5.41, 5.74) is 0.624. The highest BCUT2D eigenvalue weighted by Crippen LogP contribution is 2.29. The smallest absolute Gasteiger partial charge is 0.261 e. The summed E-state index contributed by atoms with van der Waals surface area (Å²) in [4.78, 5) is -0.245. The van der Waals surface area contributed by atoms with E-state index in [1.165, 1.54) is 18.2 Å². The molecule has 0 radical (unpaired) electrons. The van der Waals surface area contributed by atoms with Crippen molar-refractivity contribution in [2.45, 2.75) is 4.90 Å². The molecule has 0 aliphatic rings. The number of phenolic OH excluding ortho intramolecular Hbond substituents is 1. The van der Waals surface area contributed by atoms with E-state index in [0.29, 0.717) is 10.6 Å². The van der Waals surface area contributed by atoms with Gasteiger partial charge in [-0.15, -0.1) is 0 Å². The third kappa shape index (κ3) is 5.76. The monoisotopic (exact) mass is 464 g/mol. The predicted octanol–water partition coefficient (Wildman–Crippen LogP) is 4.26. The molecule has 0 amide bonds. The number of aromatic hydroxyl groups is 1. The highest BCUT2D eigenvalue weighted by Gasteiger charge is 2.18. The van der Waals surface area contributed by atoms with Gasteiger partial charge in [0.05, 0.1) is 21.7 Å². The molecule has 0 saturated carbocycles. The lowest BCUT2D eigenvalue weighted by Gasteiger charge is -2.12. The maximum atomic E-state index is 12.6. The van der Waals surface area contributed by atoms with Gasteiger partial charge in [0, 0.05) is 5.02 Å². The Balaban J connectivity index is 1.85. The van der Waals surface area contributed by atoms with Crippen LogP contribution < -0.4 is 9.44 Å². The second-order valence-electron chi connectivity index (χ2n) is 6.16. The molecular weight excluding hydrogens is 448 g/mol. The van der Waals surface area contributed by atoms with Gasteiger partial charge >= 0.3 is 0 Å². The zero-order valence-corrected chi connectivity index (χ0v) is 17.7. The Bertz CT molecular complexity index is 1290.